The fraction of sp³-hybridized carbons (Fsp3) is 0.600. The van der Waals surface area contributed by atoms with Gasteiger partial charge in [-0.15, -0.1) is 5.10 Å². The van der Waals surface area contributed by atoms with E-state index in [9.17, 15) is 0 Å². The van der Waals surface area contributed by atoms with Crippen LogP contribution in [0.2, 0.25) is 4.34 Å². The molecule has 5 nitrogen and oxygen atoms in total. The molecule has 2 aromatic rings. The summed E-state index contributed by atoms with van der Waals surface area (Å²) in [5, 5.41) is 12.8. The zero-order chi connectivity index (χ0) is 12.4. The monoisotopic (exact) mass is 301 g/mol. The molecule has 18 heavy (non-hydrogen) atoms. The van der Waals surface area contributed by atoms with Crippen LogP contribution in [0.15, 0.2) is 15.7 Å². The summed E-state index contributed by atoms with van der Waals surface area (Å²) in [5.41, 5.74) is 0. The third kappa shape index (κ3) is 2.67. The highest BCUT2D eigenvalue weighted by atomic mass is 35.5. The number of nitrogens with zero attached hydrogens (tertiary/aromatic N) is 5. The molecule has 1 aliphatic carbocycles. The van der Waals surface area contributed by atoms with Crippen molar-refractivity contribution in [3.05, 3.63) is 10.5 Å². The highest BCUT2D eigenvalue weighted by molar-refractivity contribution is 8.00. The van der Waals surface area contributed by atoms with Crippen LogP contribution in [-0.2, 0) is 0 Å². The molecule has 2 heterocycles. The molecule has 0 unspecified atom stereocenters. The zero-order valence-electron chi connectivity index (χ0n) is 9.62. The van der Waals surface area contributed by atoms with Crippen molar-refractivity contribution in [1.29, 1.82) is 0 Å². The number of hydrogen-bond donors (Lipinski definition) is 0. The SMILES string of the molecule is Clc1cnc(Sc2nnnn2C2CCCCC2)s1. The van der Waals surface area contributed by atoms with Gasteiger partial charge in [0.25, 0.3) is 0 Å². The van der Waals surface area contributed by atoms with Crippen molar-refractivity contribution in [2.45, 2.75) is 47.6 Å². The maximum absolute atomic E-state index is 5.87. The van der Waals surface area contributed by atoms with Crippen molar-refractivity contribution in [2.24, 2.45) is 0 Å². The molecule has 3 rings (SSSR count). The summed E-state index contributed by atoms with van der Waals surface area (Å²) in [7, 11) is 0. The number of halogens is 1. The molecule has 1 aliphatic rings. The van der Waals surface area contributed by atoms with E-state index >= 15 is 0 Å². The van der Waals surface area contributed by atoms with Gasteiger partial charge >= 0.3 is 0 Å². The molecule has 0 aliphatic heterocycles. The fourth-order valence-electron chi connectivity index (χ4n) is 2.17. The number of aromatic nitrogens is 5. The van der Waals surface area contributed by atoms with E-state index < -0.39 is 0 Å². The summed E-state index contributed by atoms with van der Waals surface area (Å²) >= 11 is 8.81. The van der Waals surface area contributed by atoms with Gasteiger partial charge < -0.3 is 0 Å². The van der Waals surface area contributed by atoms with Crippen molar-refractivity contribution < 1.29 is 0 Å². The van der Waals surface area contributed by atoms with E-state index in [1.807, 2.05) is 4.68 Å². The Kier molecular flexibility index (Phi) is 3.81. The van der Waals surface area contributed by atoms with E-state index in [2.05, 4.69) is 20.5 Å². The van der Waals surface area contributed by atoms with Gasteiger partial charge in [-0.25, -0.2) is 9.67 Å². The van der Waals surface area contributed by atoms with Crippen LogP contribution in [0.25, 0.3) is 0 Å². The van der Waals surface area contributed by atoms with Crippen molar-refractivity contribution in [2.75, 3.05) is 0 Å². The first-order valence-electron chi connectivity index (χ1n) is 5.90. The summed E-state index contributed by atoms with van der Waals surface area (Å²) in [6, 6.07) is 0.437. The summed E-state index contributed by atoms with van der Waals surface area (Å²) in [4.78, 5) is 4.22. The largest absolute Gasteiger partial charge is 0.236 e. The molecule has 2 aromatic heterocycles. The maximum Gasteiger partial charge on any atom is 0.216 e. The molecule has 96 valence electrons. The Morgan fingerprint density at radius 3 is 2.89 bits per heavy atom. The highest BCUT2D eigenvalue weighted by Gasteiger charge is 2.21. The molecule has 0 bridgehead atoms. The Bertz CT molecular complexity index is 520. The van der Waals surface area contributed by atoms with Crippen molar-refractivity contribution in [3.63, 3.8) is 0 Å². The normalized spacial score (nSPS) is 17.2. The second kappa shape index (κ2) is 5.54. The van der Waals surface area contributed by atoms with E-state index in [1.54, 1.807) is 6.20 Å². The Morgan fingerprint density at radius 2 is 2.17 bits per heavy atom. The number of rotatable bonds is 3. The Balaban J connectivity index is 1.78. The first kappa shape index (κ1) is 12.4. The molecular weight excluding hydrogens is 290 g/mol. The smallest absolute Gasteiger partial charge is 0.216 e. The molecule has 0 atom stereocenters. The quantitative estimate of drug-likeness (QED) is 0.869. The van der Waals surface area contributed by atoms with E-state index in [0.29, 0.717) is 10.4 Å². The van der Waals surface area contributed by atoms with Crippen LogP contribution in [0, 0.1) is 0 Å². The predicted molar refractivity (Wildman–Crippen MR) is 71.2 cm³/mol. The lowest BCUT2D eigenvalue weighted by Crippen LogP contribution is -2.15. The molecule has 0 aromatic carbocycles. The molecule has 8 heteroatoms. The maximum atomic E-state index is 5.87. The lowest BCUT2D eigenvalue weighted by atomic mass is 9.96. The number of thiazole rings is 1. The van der Waals surface area contributed by atoms with Gasteiger partial charge in [-0.05, 0) is 35.0 Å². The van der Waals surface area contributed by atoms with Gasteiger partial charge in [0, 0.05) is 0 Å². The second-order valence-electron chi connectivity index (χ2n) is 4.23. The van der Waals surface area contributed by atoms with Gasteiger partial charge in [-0.1, -0.05) is 42.2 Å². The van der Waals surface area contributed by atoms with Crippen molar-refractivity contribution in [3.8, 4) is 0 Å². The molecule has 0 saturated heterocycles. The van der Waals surface area contributed by atoms with E-state index in [-0.39, 0.29) is 0 Å². The number of hydrogen-bond acceptors (Lipinski definition) is 6. The first-order valence-corrected chi connectivity index (χ1v) is 7.91. The second-order valence-corrected chi connectivity index (χ2v) is 7.11. The topological polar surface area (TPSA) is 56.5 Å². The third-order valence-corrected chi connectivity index (χ3v) is 5.16. The Hall–Kier alpha value is -0.660. The minimum Gasteiger partial charge on any atom is -0.236 e. The average molecular weight is 302 g/mol. The minimum absolute atomic E-state index is 0.437. The summed E-state index contributed by atoms with van der Waals surface area (Å²) in [5.74, 6) is 0. The van der Waals surface area contributed by atoms with Crippen molar-refractivity contribution in [1.82, 2.24) is 25.2 Å². The van der Waals surface area contributed by atoms with Crippen LogP contribution in [0.3, 0.4) is 0 Å². The number of tetrazole rings is 1. The third-order valence-electron chi connectivity index (χ3n) is 3.02. The van der Waals surface area contributed by atoms with Gasteiger partial charge in [-0.3, -0.25) is 0 Å². The first-order chi connectivity index (χ1) is 8.83. The van der Waals surface area contributed by atoms with Gasteiger partial charge in [-0.2, -0.15) is 0 Å². The molecule has 0 radical (unpaired) electrons. The highest BCUT2D eigenvalue weighted by Crippen LogP contribution is 2.35. The standard InChI is InChI=1S/C10H12ClN5S2/c11-8-6-12-10(17-8)18-9-13-14-15-16(9)7-4-2-1-3-5-7/h6-7H,1-5H2. The lowest BCUT2D eigenvalue weighted by molar-refractivity contribution is 0.307. The minimum atomic E-state index is 0.437. The van der Waals surface area contributed by atoms with Gasteiger partial charge in [0.1, 0.15) is 4.34 Å². The molecule has 0 N–H and O–H groups in total. The van der Waals surface area contributed by atoms with Crippen molar-refractivity contribution >= 4 is 34.7 Å². The van der Waals surface area contributed by atoms with Crippen LogP contribution < -0.4 is 0 Å². The molecular formula is C10H12ClN5S2. The summed E-state index contributed by atoms with van der Waals surface area (Å²) < 4.78 is 3.51. The molecule has 1 saturated carbocycles. The fourth-order valence-corrected chi connectivity index (χ4v) is 4.23. The molecule has 0 spiro atoms. The zero-order valence-corrected chi connectivity index (χ0v) is 12.0. The van der Waals surface area contributed by atoms with Gasteiger partial charge in [0.2, 0.25) is 5.16 Å². The van der Waals surface area contributed by atoms with Crippen LogP contribution in [-0.4, -0.2) is 25.2 Å². The Morgan fingerprint density at radius 1 is 1.33 bits per heavy atom. The molecule has 0 amide bonds. The van der Waals surface area contributed by atoms with E-state index in [4.69, 9.17) is 11.6 Å². The van der Waals surface area contributed by atoms with Crippen LogP contribution in [0.4, 0.5) is 0 Å². The lowest BCUT2D eigenvalue weighted by Gasteiger charge is -2.21. The summed E-state index contributed by atoms with van der Waals surface area (Å²) in [6.07, 6.45) is 7.83. The van der Waals surface area contributed by atoms with Crippen LogP contribution >= 0.6 is 34.7 Å². The van der Waals surface area contributed by atoms with Gasteiger partial charge in [0.15, 0.2) is 4.34 Å². The average Bonchev–Trinajstić information content (AvgIpc) is 3.00. The van der Waals surface area contributed by atoms with Crippen LogP contribution in [0.5, 0.6) is 0 Å². The van der Waals surface area contributed by atoms with E-state index in [0.717, 1.165) is 22.3 Å². The van der Waals surface area contributed by atoms with Crippen LogP contribution in [0.1, 0.15) is 38.1 Å². The predicted octanol–water partition coefficient (Wildman–Crippen LogP) is 3.44. The molecule has 1 fully saturated rings. The Labute approximate surface area is 118 Å². The van der Waals surface area contributed by atoms with E-state index in [1.165, 1.54) is 42.4 Å². The van der Waals surface area contributed by atoms with Gasteiger partial charge in [0.05, 0.1) is 12.2 Å². The summed E-state index contributed by atoms with van der Waals surface area (Å²) in [6.45, 7) is 0.